The van der Waals surface area contributed by atoms with Gasteiger partial charge in [-0.2, -0.15) is 0 Å². The number of methoxy groups -OCH3 is 1. The van der Waals surface area contributed by atoms with Gasteiger partial charge in [-0.15, -0.1) is 0 Å². The summed E-state index contributed by atoms with van der Waals surface area (Å²) in [4.78, 5) is 9.16. The number of oxazole rings is 1. The molecule has 5 nitrogen and oxygen atoms in total. The molecule has 0 amide bonds. The number of hydrogen-bond acceptors (Lipinski definition) is 4. The summed E-state index contributed by atoms with van der Waals surface area (Å²) >= 11 is 0. The van der Waals surface area contributed by atoms with E-state index in [2.05, 4.69) is 26.7 Å². The quantitative estimate of drug-likeness (QED) is 0.555. The van der Waals surface area contributed by atoms with Crippen molar-refractivity contribution in [3.05, 3.63) is 65.8 Å². The molecule has 5 heteroatoms. The predicted octanol–water partition coefficient (Wildman–Crippen LogP) is 4.24. The van der Waals surface area contributed by atoms with Crippen LogP contribution in [0.4, 0.5) is 0 Å². The Balaban J connectivity index is 1.55. The standard InChI is InChI=1S/C21H19N3O2/c1-25-19-12-15-6-4-5-14(15)11-16(19)21-22-9-10-24(21)13-20-23-17-7-2-3-8-18(17)26-20/h2-3,7-12H,4-6,13H2,1H3. The molecule has 130 valence electrons. The summed E-state index contributed by atoms with van der Waals surface area (Å²) in [6.45, 7) is 0.532. The van der Waals surface area contributed by atoms with Crippen molar-refractivity contribution in [3.63, 3.8) is 0 Å². The van der Waals surface area contributed by atoms with E-state index in [0.717, 1.165) is 41.1 Å². The van der Waals surface area contributed by atoms with Gasteiger partial charge in [0.1, 0.15) is 23.6 Å². The third-order valence-electron chi connectivity index (χ3n) is 5.01. The highest BCUT2D eigenvalue weighted by molar-refractivity contribution is 5.72. The third kappa shape index (κ3) is 2.47. The first-order valence-electron chi connectivity index (χ1n) is 8.87. The van der Waals surface area contributed by atoms with Gasteiger partial charge in [0, 0.05) is 12.4 Å². The Hall–Kier alpha value is -3.08. The fourth-order valence-corrected chi connectivity index (χ4v) is 3.76. The Bertz CT molecular complexity index is 1060. The van der Waals surface area contributed by atoms with Crippen molar-refractivity contribution < 1.29 is 9.15 Å². The summed E-state index contributed by atoms with van der Waals surface area (Å²) < 4.78 is 13.6. The maximum atomic E-state index is 5.87. The molecule has 0 atom stereocenters. The van der Waals surface area contributed by atoms with E-state index in [9.17, 15) is 0 Å². The molecule has 2 heterocycles. The first-order valence-corrected chi connectivity index (χ1v) is 8.87. The SMILES string of the molecule is COc1cc2c(cc1-c1nccn1Cc1nc3ccccc3o1)CCC2. The molecular weight excluding hydrogens is 326 g/mol. The molecular formula is C21H19N3O2. The lowest BCUT2D eigenvalue weighted by Crippen LogP contribution is -2.03. The van der Waals surface area contributed by atoms with Gasteiger partial charge in [-0.25, -0.2) is 9.97 Å². The average Bonchev–Trinajstić information content (AvgIpc) is 3.39. The highest BCUT2D eigenvalue weighted by atomic mass is 16.5. The Morgan fingerprint density at radius 3 is 2.85 bits per heavy atom. The van der Waals surface area contributed by atoms with Crippen LogP contribution in [0.2, 0.25) is 0 Å². The van der Waals surface area contributed by atoms with E-state index in [1.54, 1.807) is 7.11 Å². The second-order valence-electron chi connectivity index (χ2n) is 6.63. The smallest absolute Gasteiger partial charge is 0.215 e. The van der Waals surface area contributed by atoms with Crippen molar-refractivity contribution in [2.45, 2.75) is 25.8 Å². The van der Waals surface area contributed by atoms with Crippen LogP contribution >= 0.6 is 0 Å². The third-order valence-corrected chi connectivity index (χ3v) is 5.01. The van der Waals surface area contributed by atoms with Crippen LogP contribution in [0.15, 0.2) is 53.2 Å². The van der Waals surface area contributed by atoms with Crippen molar-refractivity contribution in [2.24, 2.45) is 0 Å². The molecule has 0 N–H and O–H groups in total. The number of fused-ring (bicyclic) bond motifs is 2. The maximum absolute atomic E-state index is 5.87. The molecule has 1 aliphatic rings. The highest BCUT2D eigenvalue weighted by Gasteiger charge is 2.19. The van der Waals surface area contributed by atoms with Gasteiger partial charge in [-0.1, -0.05) is 12.1 Å². The van der Waals surface area contributed by atoms with Crippen molar-refractivity contribution in [2.75, 3.05) is 7.11 Å². The van der Waals surface area contributed by atoms with Gasteiger partial charge in [0.15, 0.2) is 5.58 Å². The molecule has 0 saturated carbocycles. The minimum atomic E-state index is 0.532. The first kappa shape index (κ1) is 15.2. The molecule has 0 spiro atoms. The zero-order chi connectivity index (χ0) is 17.5. The predicted molar refractivity (Wildman–Crippen MR) is 99.4 cm³/mol. The number of para-hydroxylation sites is 2. The monoisotopic (exact) mass is 345 g/mol. The van der Waals surface area contributed by atoms with Crippen molar-refractivity contribution >= 4 is 11.1 Å². The number of benzene rings is 2. The average molecular weight is 345 g/mol. The Morgan fingerprint density at radius 2 is 2.00 bits per heavy atom. The van der Waals surface area contributed by atoms with Crippen LogP contribution in [0.3, 0.4) is 0 Å². The molecule has 0 fully saturated rings. The van der Waals surface area contributed by atoms with Gasteiger partial charge in [0.2, 0.25) is 5.89 Å². The number of aromatic nitrogens is 3. The van der Waals surface area contributed by atoms with E-state index >= 15 is 0 Å². The van der Waals surface area contributed by atoms with Gasteiger partial charge < -0.3 is 13.7 Å². The molecule has 5 rings (SSSR count). The van der Waals surface area contributed by atoms with E-state index in [1.165, 1.54) is 17.5 Å². The summed E-state index contributed by atoms with van der Waals surface area (Å²) in [7, 11) is 1.72. The summed E-state index contributed by atoms with van der Waals surface area (Å²) in [5.74, 6) is 2.42. The molecule has 0 radical (unpaired) electrons. The lowest BCUT2D eigenvalue weighted by molar-refractivity contribution is 0.415. The van der Waals surface area contributed by atoms with Crippen LogP contribution in [0.5, 0.6) is 5.75 Å². The normalized spacial score (nSPS) is 13.3. The van der Waals surface area contributed by atoms with E-state index in [4.69, 9.17) is 9.15 Å². The fraction of sp³-hybridized carbons (Fsp3) is 0.238. The summed E-state index contributed by atoms with van der Waals surface area (Å²) in [6, 6.07) is 12.2. The van der Waals surface area contributed by atoms with Crippen LogP contribution in [0.25, 0.3) is 22.5 Å². The van der Waals surface area contributed by atoms with Crippen molar-refractivity contribution in [1.29, 1.82) is 0 Å². The molecule has 0 bridgehead atoms. The Morgan fingerprint density at radius 1 is 1.15 bits per heavy atom. The number of aryl methyl sites for hydroxylation is 2. The molecule has 4 aromatic rings. The fourth-order valence-electron chi connectivity index (χ4n) is 3.76. The second-order valence-corrected chi connectivity index (χ2v) is 6.63. The Kier molecular flexibility index (Phi) is 3.52. The van der Waals surface area contributed by atoms with Crippen molar-refractivity contribution in [3.8, 4) is 17.1 Å². The molecule has 2 aromatic heterocycles. The van der Waals surface area contributed by atoms with Crippen molar-refractivity contribution in [1.82, 2.24) is 14.5 Å². The summed E-state index contributed by atoms with van der Waals surface area (Å²) in [5, 5.41) is 0. The maximum Gasteiger partial charge on any atom is 0.215 e. The zero-order valence-electron chi connectivity index (χ0n) is 14.6. The number of imidazole rings is 1. The molecule has 2 aromatic carbocycles. The van der Waals surface area contributed by atoms with E-state index in [-0.39, 0.29) is 0 Å². The van der Waals surface area contributed by atoms with Crippen LogP contribution in [0, 0.1) is 0 Å². The van der Waals surface area contributed by atoms with E-state index in [0.29, 0.717) is 12.4 Å². The molecule has 0 aliphatic heterocycles. The lowest BCUT2D eigenvalue weighted by Gasteiger charge is -2.12. The minimum absolute atomic E-state index is 0.532. The molecule has 26 heavy (non-hydrogen) atoms. The van der Waals surface area contributed by atoms with Crippen LogP contribution in [-0.2, 0) is 19.4 Å². The van der Waals surface area contributed by atoms with Gasteiger partial charge in [-0.05, 0) is 54.7 Å². The number of nitrogens with zero attached hydrogens (tertiary/aromatic N) is 3. The molecule has 0 unspecified atom stereocenters. The molecule has 1 aliphatic carbocycles. The van der Waals surface area contributed by atoms with Gasteiger partial charge in [0.05, 0.1) is 12.7 Å². The molecule has 0 saturated heterocycles. The van der Waals surface area contributed by atoms with Gasteiger partial charge >= 0.3 is 0 Å². The van der Waals surface area contributed by atoms with E-state index in [1.807, 2.05) is 36.7 Å². The number of hydrogen-bond donors (Lipinski definition) is 0. The van der Waals surface area contributed by atoms with Gasteiger partial charge in [-0.3, -0.25) is 0 Å². The van der Waals surface area contributed by atoms with Gasteiger partial charge in [0.25, 0.3) is 0 Å². The lowest BCUT2D eigenvalue weighted by atomic mass is 10.0. The summed E-state index contributed by atoms with van der Waals surface area (Å²) in [5.41, 5.74) is 5.49. The zero-order valence-corrected chi connectivity index (χ0v) is 14.6. The second kappa shape index (κ2) is 6.02. The number of ether oxygens (including phenoxy) is 1. The number of rotatable bonds is 4. The largest absolute Gasteiger partial charge is 0.496 e. The van der Waals surface area contributed by atoms with E-state index < -0.39 is 0 Å². The summed E-state index contributed by atoms with van der Waals surface area (Å²) in [6.07, 6.45) is 7.22. The van der Waals surface area contributed by atoms with Crippen LogP contribution < -0.4 is 4.74 Å². The van der Waals surface area contributed by atoms with Crippen LogP contribution in [-0.4, -0.2) is 21.6 Å². The minimum Gasteiger partial charge on any atom is -0.496 e. The Labute approximate surface area is 151 Å². The van der Waals surface area contributed by atoms with Crippen LogP contribution in [0.1, 0.15) is 23.4 Å². The first-order chi connectivity index (χ1) is 12.8. The topological polar surface area (TPSA) is 53.1 Å². The highest BCUT2D eigenvalue weighted by Crippen LogP contribution is 2.35.